The fourth-order valence-corrected chi connectivity index (χ4v) is 2.84. The summed E-state index contributed by atoms with van der Waals surface area (Å²) in [5, 5.41) is 21.1. The highest BCUT2D eigenvalue weighted by atomic mass is 35.5. The zero-order valence-electron chi connectivity index (χ0n) is 15.6. The second-order valence-electron chi connectivity index (χ2n) is 6.19. The fourth-order valence-electron chi connectivity index (χ4n) is 2.71. The van der Waals surface area contributed by atoms with Gasteiger partial charge in [-0.3, -0.25) is 4.79 Å². The first-order valence-electron chi connectivity index (χ1n) is 8.91. The second kappa shape index (κ2) is 8.51. The molecular weight excluding hydrogens is 404 g/mol. The van der Waals surface area contributed by atoms with Crippen LogP contribution in [-0.4, -0.2) is 25.5 Å². The quantitative estimate of drug-likeness (QED) is 0.512. The van der Waals surface area contributed by atoms with Crippen LogP contribution in [-0.2, 0) is 6.73 Å². The third kappa shape index (κ3) is 4.16. The van der Waals surface area contributed by atoms with E-state index in [9.17, 15) is 10.1 Å². The number of hydrogen-bond acceptors (Lipinski definition) is 5. The van der Waals surface area contributed by atoms with Gasteiger partial charge in [-0.05, 0) is 42.5 Å². The number of nitrogens with zero attached hydrogens (tertiary/aromatic N) is 5. The molecule has 0 bridgehead atoms. The van der Waals surface area contributed by atoms with E-state index in [0.29, 0.717) is 10.8 Å². The molecule has 0 radical (unpaired) electrons. The summed E-state index contributed by atoms with van der Waals surface area (Å²) in [7, 11) is 0. The predicted octanol–water partition coefficient (Wildman–Crippen LogP) is 3.88. The molecule has 0 fully saturated rings. The van der Waals surface area contributed by atoms with E-state index in [0.717, 1.165) is 5.69 Å². The SMILES string of the molecule is N#Cc1cnn(-c2ccccc2)c1NC(=O)c1ccn(COc2ccc(Cl)cc2)n1. The predicted molar refractivity (Wildman–Crippen MR) is 111 cm³/mol. The van der Waals surface area contributed by atoms with E-state index in [-0.39, 0.29) is 23.8 Å². The molecule has 2 aromatic carbocycles. The number of para-hydroxylation sites is 1. The number of halogens is 1. The average Bonchev–Trinajstić information content (AvgIpc) is 3.41. The number of carbonyl (C=O) groups is 1. The van der Waals surface area contributed by atoms with Gasteiger partial charge in [0.1, 0.15) is 17.4 Å². The number of carbonyl (C=O) groups excluding carboxylic acids is 1. The molecule has 2 aromatic heterocycles. The second-order valence-corrected chi connectivity index (χ2v) is 6.62. The fraction of sp³-hybridized carbons (Fsp3) is 0.0476. The van der Waals surface area contributed by atoms with Gasteiger partial charge >= 0.3 is 0 Å². The number of aromatic nitrogens is 4. The lowest BCUT2D eigenvalue weighted by atomic mass is 10.3. The number of rotatable bonds is 6. The molecule has 148 valence electrons. The number of nitriles is 1. The van der Waals surface area contributed by atoms with Gasteiger partial charge in [-0.15, -0.1) is 0 Å². The van der Waals surface area contributed by atoms with Gasteiger partial charge in [0, 0.05) is 11.2 Å². The summed E-state index contributed by atoms with van der Waals surface area (Å²) in [6.07, 6.45) is 3.03. The summed E-state index contributed by atoms with van der Waals surface area (Å²) in [6, 6.07) is 19.7. The van der Waals surface area contributed by atoms with Crippen molar-refractivity contribution >= 4 is 23.3 Å². The molecule has 0 atom stereocenters. The van der Waals surface area contributed by atoms with E-state index in [2.05, 4.69) is 15.5 Å². The lowest BCUT2D eigenvalue weighted by molar-refractivity contribution is 0.101. The standard InChI is InChI=1S/C21H15ClN6O2/c22-16-6-8-18(9-7-16)30-14-27-11-10-19(26-27)21(29)25-20-15(12-23)13-24-28(20)17-4-2-1-3-5-17/h1-11,13H,14H2,(H,25,29). The molecular formula is C21H15ClN6O2. The molecule has 0 aliphatic heterocycles. The van der Waals surface area contributed by atoms with Crippen LogP contribution in [0.1, 0.15) is 16.1 Å². The Morgan fingerprint density at radius 3 is 2.63 bits per heavy atom. The Kier molecular flexibility index (Phi) is 5.46. The Labute approximate surface area is 176 Å². The number of amides is 1. The molecule has 1 amide bonds. The van der Waals surface area contributed by atoms with Gasteiger partial charge in [0.25, 0.3) is 5.91 Å². The monoisotopic (exact) mass is 418 g/mol. The molecule has 0 spiro atoms. The van der Waals surface area contributed by atoms with Crippen LogP contribution in [0.2, 0.25) is 5.02 Å². The maximum absolute atomic E-state index is 12.7. The Balaban J connectivity index is 1.48. The van der Waals surface area contributed by atoms with Crippen molar-refractivity contribution in [3.05, 3.63) is 89.3 Å². The maximum Gasteiger partial charge on any atom is 0.277 e. The summed E-state index contributed by atoms with van der Waals surface area (Å²) in [4.78, 5) is 12.7. The number of hydrogen-bond donors (Lipinski definition) is 1. The molecule has 0 aliphatic rings. The third-order valence-corrected chi connectivity index (χ3v) is 4.42. The van der Waals surface area contributed by atoms with Crippen molar-refractivity contribution < 1.29 is 9.53 Å². The Morgan fingerprint density at radius 2 is 1.90 bits per heavy atom. The first-order valence-corrected chi connectivity index (χ1v) is 9.28. The van der Waals surface area contributed by atoms with E-state index >= 15 is 0 Å². The first-order chi connectivity index (χ1) is 14.6. The third-order valence-electron chi connectivity index (χ3n) is 4.17. The van der Waals surface area contributed by atoms with E-state index in [1.165, 1.54) is 15.6 Å². The molecule has 8 nitrogen and oxygen atoms in total. The van der Waals surface area contributed by atoms with Gasteiger partial charge in [-0.1, -0.05) is 29.8 Å². The molecule has 2 heterocycles. The zero-order valence-corrected chi connectivity index (χ0v) is 16.3. The maximum atomic E-state index is 12.7. The molecule has 30 heavy (non-hydrogen) atoms. The van der Waals surface area contributed by atoms with Gasteiger partial charge in [0.2, 0.25) is 0 Å². The normalized spacial score (nSPS) is 10.4. The highest BCUT2D eigenvalue weighted by Gasteiger charge is 2.17. The number of nitrogens with one attached hydrogen (secondary N) is 1. The Bertz CT molecular complexity index is 1210. The average molecular weight is 419 g/mol. The van der Waals surface area contributed by atoms with Crippen LogP contribution >= 0.6 is 11.6 Å². The first kappa shape index (κ1) is 19.2. The minimum Gasteiger partial charge on any atom is -0.471 e. The van der Waals surface area contributed by atoms with Crippen molar-refractivity contribution in [2.45, 2.75) is 6.73 Å². The Morgan fingerprint density at radius 1 is 1.13 bits per heavy atom. The topological polar surface area (TPSA) is 97.8 Å². The summed E-state index contributed by atoms with van der Waals surface area (Å²) < 4.78 is 8.60. The minimum absolute atomic E-state index is 0.125. The summed E-state index contributed by atoms with van der Waals surface area (Å²) >= 11 is 5.85. The highest BCUT2D eigenvalue weighted by Crippen LogP contribution is 2.20. The van der Waals surface area contributed by atoms with Crippen molar-refractivity contribution in [3.63, 3.8) is 0 Å². The van der Waals surface area contributed by atoms with Gasteiger partial charge < -0.3 is 10.1 Å². The van der Waals surface area contributed by atoms with Crippen LogP contribution in [0, 0.1) is 11.3 Å². The van der Waals surface area contributed by atoms with E-state index in [1.54, 1.807) is 36.5 Å². The van der Waals surface area contributed by atoms with E-state index < -0.39 is 5.91 Å². The van der Waals surface area contributed by atoms with Crippen LogP contribution in [0.4, 0.5) is 5.82 Å². The largest absolute Gasteiger partial charge is 0.471 e. The van der Waals surface area contributed by atoms with Crippen molar-refractivity contribution in [1.29, 1.82) is 5.26 Å². The molecule has 0 saturated heterocycles. The molecule has 0 unspecified atom stereocenters. The van der Waals surface area contributed by atoms with Gasteiger partial charge in [-0.2, -0.15) is 15.5 Å². The number of anilines is 1. The van der Waals surface area contributed by atoms with Gasteiger partial charge in [0.15, 0.2) is 18.2 Å². The molecule has 9 heteroatoms. The van der Waals surface area contributed by atoms with Crippen LogP contribution in [0.5, 0.6) is 5.75 Å². The van der Waals surface area contributed by atoms with Crippen molar-refractivity contribution in [2.24, 2.45) is 0 Å². The van der Waals surface area contributed by atoms with Crippen LogP contribution < -0.4 is 10.1 Å². The summed E-state index contributed by atoms with van der Waals surface area (Å²) in [6.45, 7) is 0.125. The van der Waals surface area contributed by atoms with Crippen molar-refractivity contribution in [2.75, 3.05) is 5.32 Å². The van der Waals surface area contributed by atoms with Crippen molar-refractivity contribution in [3.8, 4) is 17.5 Å². The molecule has 0 saturated carbocycles. The lowest BCUT2D eigenvalue weighted by Crippen LogP contribution is -2.17. The van der Waals surface area contributed by atoms with Crippen LogP contribution in [0.3, 0.4) is 0 Å². The molecule has 4 rings (SSSR count). The number of ether oxygens (including phenoxy) is 1. The molecule has 1 N–H and O–H groups in total. The molecule has 4 aromatic rings. The van der Waals surface area contributed by atoms with Crippen molar-refractivity contribution in [1.82, 2.24) is 19.6 Å². The lowest BCUT2D eigenvalue weighted by Gasteiger charge is -2.09. The summed E-state index contributed by atoms with van der Waals surface area (Å²) in [5.74, 6) is 0.446. The Hall–Kier alpha value is -4.09. The molecule has 0 aliphatic carbocycles. The highest BCUT2D eigenvalue weighted by molar-refractivity contribution is 6.30. The van der Waals surface area contributed by atoms with E-state index in [4.69, 9.17) is 16.3 Å². The number of benzene rings is 2. The summed E-state index contributed by atoms with van der Waals surface area (Å²) in [5.41, 5.74) is 1.15. The van der Waals surface area contributed by atoms with Crippen LogP contribution in [0.25, 0.3) is 5.69 Å². The van der Waals surface area contributed by atoms with Gasteiger partial charge in [0.05, 0.1) is 11.9 Å². The van der Waals surface area contributed by atoms with Gasteiger partial charge in [-0.25, -0.2) is 9.36 Å². The van der Waals surface area contributed by atoms with E-state index in [1.807, 2.05) is 36.4 Å². The zero-order chi connectivity index (χ0) is 20.9. The van der Waals surface area contributed by atoms with Crippen LogP contribution in [0.15, 0.2) is 73.1 Å². The smallest absolute Gasteiger partial charge is 0.277 e. The minimum atomic E-state index is -0.463.